The Morgan fingerprint density at radius 2 is 2.33 bits per heavy atom. The third-order valence-electron chi connectivity index (χ3n) is 2.65. The molecule has 0 fully saturated rings. The zero-order valence-electron chi connectivity index (χ0n) is 10.1. The van der Waals surface area contributed by atoms with Gasteiger partial charge in [-0.3, -0.25) is 0 Å². The summed E-state index contributed by atoms with van der Waals surface area (Å²) in [5, 5.41) is 17.9. The molecule has 1 aromatic heterocycles. The molecule has 18 heavy (non-hydrogen) atoms. The number of methoxy groups -OCH3 is 1. The zero-order chi connectivity index (χ0) is 13.0. The summed E-state index contributed by atoms with van der Waals surface area (Å²) in [6.07, 6.45) is 0. The van der Waals surface area contributed by atoms with Gasteiger partial charge in [-0.05, 0) is 25.2 Å². The fraction of sp³-hybridized carbons (Fsp3) is 0.364. The number of benzene rings is 1. The summed E-state index contributed by atoms with van der Waals surface area (Å²) in [5.74, 6) is 1.29. The van der Waals surface area contributed by atoms with Crippen LogP contribution in [0.2, 0.25) is 5.02 Å². The molecule has 0 aliphatic rings. The number of rotatable bonds is 5. The van der Waals surface area contributed by atoms with Crippen molar-refractivity contribution in [2.45, 2.75) is 5.92 Å². The van der Waals surface area contributed by atoms with Crippen LogP contribution in [0.3, 0.4) is 0 Å². The van der Waals surface area contributed by atoms with Gasteiger partial charge in [0.15, 0.2) is 5.82 Å². The van der Waals surface area contributed by atoms with Crippen LogP contribution in [0.15, 0.2) is 18.2 Å². The highest BCUT2D eigenvalue weighted by atomic mass is 35.5. The molecule has 1 atom stereocenters. The van der Waals surface area contributed by atoms with Gasteiger partial charge < -0.3 is 10.1 Å². The lowest BCUT2D eigenvalue weighted by Crippen LogP contribution is -2.20. The van der Waals surface area contributed by atoms with E-state index in [9.17, 15) is 0 Å². The lowest BCUT2D eigenvalue weighted by molar-refractivity contribution is 0.406. The minimum absolute atomic E-state index is 0.0672. The van der Waals surface area contributed by atoms with Gasteiger partial charge in [0, 0.05) is 17.1 Å². The van der Waals surface area contributed by atoms with Gasteiger partial charge in [0.05, 0.1) is 13.0 Å². The fourth-order valence-corrected chi connectivity index (χ4v) is 2.02. The lowest BCUT2D eigenvalue weighted by atomic mass is 9.97. The smallest absolute Gasteiger partial charge is 0.183 e. The van der Waals surface area contributed by atoms with Gasteiger partial charge in [0.2, 0.25) is 0 Å². The van der Waals surface area contributed by atoms with Crippen molar-refractivity contribution in [2.75, 3.05) is 20.7 Å². The van der Waals surface area contributed by atoms with E-state index >= 15 is 0 Å². The first kappa shape index (κ1) is 12.8. The van der Waals surface area contributed by atoms with Crippen LogP contribution >= 0.6 is 11.6 Å². The normalized spacial score (nSPS) is 12.4. The van der Waals surface area contributed by atoms with Crippen LogP contribution in [-0.4, -0.2) is 41.3 Å². The average Bonchev–Trinajstić information content (AvgIpc) is 2.89. The van der Waals surface area contributed by atoms with Crippen molar-refractivity contribution < 1.29 is 4.74 Å². The van der Waals surface area contributed by atoms with Gasteiger partial charge in [-0.15, -0.1) is 10.2 Å². The van der Waals surface area contributed by atoms with E-state index in [1.165, 1.54) is 0 Å². The largest absolute Gasteiger partial charge is 0.496 e. The number of halogens is 1. The molecule has 96 valence electrons. The molecule has 0 saturated carbocycles. The van der Waals surface area contributed by atoms with E-state index in [0.29, 0.717) is 17.4 Å². The summed E-state index contributed by atoms with van der Waals surface area (Å²) in [4.78, 5) is 0. The van der Waals surface area contributed by atoms with E-state index in [-0.39, 0.29) is 5.92 Å². The van der Waals surface area contributed by atoms with Crippen molar-refractivity contribution in [3.8, 4) is 5.75 Å². The number of nitrogens with one attached hydrogen (secondary N) is 2. The summed E-state index contributed by atoms with van der Waals surface area (Å²) >= 11 is 6.04. The van der Waals surface area contributed by atoms with Gasteiger partial charge in [0.25, 0.3) is 0 Å². The molecule has 0 aliphatic carbocycles. The Labute approximate surface area is 110 Å². The first-order valence-corrected chi connectivity index (χ1v) is 5.85. The highest BCUT2D eigenvalue weighted by molar-refractivity contribution is 6.30. The molecule has 1 heterocycles. The van der Waals surface area contributed by atoms with Gasteiger partial charge in [0.1, 0.15) is 5.75 Å². The molecule has 7 heteroatoms. The van der Waals surface area contributed by atoms with Gasteiger partial charge >= 0.3 is 0 Å². The molecule has 0 spiro atoms. The van der Waals surface area contributed by atoms with Crippen molar-refractivity contribution in [3.05, 3.63) is 34.6 Å². The molecule has 2 rings (SSSR count). The molecule has 0 aliphatic heterocycles. The molecule has 0 bridgehead atoms. The second-order valence-corrected chi connectivity index (χ2v) is 4.20. The molecule has 0 saturated heterocycles. The maximum Gasteiger partial charge on any atom is 0.183 e. The highest BCUT2D eigenvalue weighted by Gasteiger charge is 2.21. The quantitative estimate of drug-likeness (QED) is 0.852. The van der Waals surface area contributed by atoms with E-state index in [1.54, 1.807) is 13.2 Å². The second-order valence-electron chi connectivity index (χ2n) is 3.77. The lowest BCUT2D eigenvalue weighted by Gasteiger charge is -2.16. The number of hydrogen-bond acceptors (Lipinski definition) is 5. The van der Waals surface area contributed by atoms with Gasteiger partial charge in [-0.1, -0.05) is 16.8 Å². The van der Waals surface area contributed by atoms with Crippen molar-refractivity contribution in [1.29, 1.82) is 0 Å². The molecular formula is C11H14ClN5O. The maximum absolute atomic E-state index is 6.04. The Hall–Kier alpha value is -1.66. The van der Waals surface area contributed by atoms with Crippen LogP contribution in [0.25, 0.3) is 0 Å². The standard InChI is InChI=1S/C11H14ClN5O/c1-13-6-9(11-14-16-17-15-11)8-5-7(12)3-4-10(8)18-2/h3-5,9,13H,6H2,1-2H3,(H,14,15,16,17). The molecular weight excluding hydrogens is 254 g/mol. The summed E-state index contributed by atoms with van der Waals surface area (Å²) in [6, 6.07) is 5.48. The molecule has 1 aromatic carbocycles. The average molecular weight is 268 g/mol. The zero-order valence-corrected chi connectivity index (χ0v) is 10.9. The van der Waals surface area contributed by atoms with Crippen molar-refractivity contribution >= 4 is 11.6 Å². The van der Waals surface area contributed by atoms with Gasteiger partial charge in [-0.25, -0.2) is 0 Å². The summed E-state index contributed by atoms with van der Waals surface area (Å²) in [5.41, 5.74) is 0.931. The highest BCUT2D eigenvalue weighted by Crippen LogP contribution is 2.31. The van der Waals surface area contributed by atoms with E-state index in [4.69, 9.17) is 16.3 Å². The Kier molecular flexibility index (Phi) is 4.11. The topological polar surface area (TPSA) is 75.7 Å². The summed E-state index contributed by atoms with van der Waals surface area (Å²) in [7, 11) is 3.49. The van der Waals surface area contributed by atoms with E-state index < -0.39 is 0 Å². The Morgan fingerprint density at radius 3 is 2.94 bits per heavy atom. The molecule has 1 unspecified atom stereocenters. The third kappa shape index (κ3) is 2.60. The van der Waals surface area contributed by atoms with Crippen molar-refractivity contribution in [1.82, 2.24) is 25.9 Å². The van der Waals surface area contributed by atoms with Crippen LogP contribution < -0.4 is 10.1 Å². The first-order valence-electron chi connectivity index (χ1n) is 5.47. The summed E-state index contributed by atoms with van der Waals surface area (Å²) in [6.45, 7) is 0.663. The SMILES string of the molecule is CNCC(c1nn[nH]n1)c1cc(Cl)ccc1OC. The second kappa shape index (κ2) is 5.79. The van der Waals surface area contributed by atoms with Gasteiger partial charge in [-0.2, -0.15) is 5.21 Å². The number of hydrogen-bond donors (Lipinski definition) is 2. The number of tetrazole rings is 1. The van der Waals surface area contributed by atoms with Crippen molar-refractivity contribution in [2.24, 2.45) is 0 Å². The number of ether oxygens (including phenoxy) is 1. The van der Waals surface area contributed by atoms with Crippen LogP contribution in [0.1, 0.15) is 17.3 Å². The van der Waals surface area contributed by atoms with Crippen molar-refractivity contribution in [3.63, 3.8) is 0 Å². The predicted molar refractivity (Wildman–Crippen MR) is 68.0 cm³/mol. The molecule has 0 amide bonds. The number of likely N-dealkylation sites (N-methyl/N-ethyl adjacent to an activating group) is 1. The number of aromatic nitrogens is 4. The maximum atomic E-state index is 6.04. The minimum atomic E-state index is -0.0672. The van der Waals surface area contributed by atoms with E-state index in [2.05, 4.69) is 25.9 Å². The molecule has 6 nitrogen and oxygen atoms in total. The monoisotopic (exact) mass is 267 g/mol. The Morgan fingerprint density at radius 1 is 1.50 bits per heavy atom. The molecule has 0 radical (unpaired) electrons. The fourth-order valence-electron chi connectivity index (χ4n) is 1.84. The predicted octanol–water partition coefficient (Wildman–Crippen LogP) is 1.21. The number of aromatic amines is 1. The number of H-pyrrole nitrogens is 1. The van der Waals surface area contributed by atoms with E-state index in [1.807, 2.05) is 19.2 Å². The Balaban J connectivity index is 2.45. The minimum Gasteiger partial charge on any atom is -0.496 e. The number of nitrogens with zero attached hydrogens (tertiary/aromatic N) is 3. The van der Waals surface area contributed by atoms with E-state index in [0.717, 1.165) is 11.3 Å². The first-order chi connectivity index (χ1) is 8.76. The molecule has 2 aromatic rings. The van der Waals surface area contributed by atoms with Crippen LogP contribution in [0.4, 0.5) is 0 Å². The van der Waals surface area contributed by atoms with Crippen LogP contribution in [-0.2, 0) is 0 Å². The third-order valence-corrected chi connectivity index (χ3v) is 2.88. The van der Waals surface area contributed by atoms with Crippen LogP contribution in [0.5, 0.6) is 5.75 Å². The van der Waals surface area contributed by atoms with Crippen LogP contribution in [0, 0.1) is 0 Å². The summed E-state index contributed by atoms with van der Waals surface area (Å²) < 4.78 is 5.35. The Bertz CT molecular complexity index is 502. The molecule has 2 N–H and O–H groups in total.